The maximum atomic E-state index is 5.61. The molecule has 3 nitrogen and oxygen atoms in total. The summed E-state index contributed by atoms with van der Waals surface area (Å²) in [5.74, 6) is 0.785. The van der Waals surface area contributed by atoms with Crippen molar-refractivity contribution in [2.24, 2.45) is 0 Å². The predicted octanol–water partition coefficient (Wildman–Crippen LogP) is 5.36. The van der Waals surface area contributed by atoms with Crippen LogP contribution in [-0.2, 0) is 0 Å². The van der Waals surface area contributed by atoms with Gasteiger partial charge >= 0.3 is 0 Å². The summed E-state index contributed by atoms with van der Waals surface area (Å²) < 4.78 is 1.12. The Labute approximate surface area is 162 Å². The van der Waals surface area contributed by atoms with Crippen molar-refractivity contribution in [3.8, 4) is 0 Å². The highest BCUT2D eigenvalue weighted by Gasteiger charge is 2.33. The van der Waals surface area contributed by atoms with Crippen LogP contribution >= 0.6 is 22.6 Å². The number of aromatic amines is 1. The zero-order valence-corrected chi connectivity index (χ0v) is 16.9. The van der Waals surface area contributed by atoms with Gasteiger partial charge in [-0.05, 0) is 78.6 Å². The number of aromatic nitrogens is 1. The minimum absolute atomic E-state index is 0.785. The molecule has 1 fully saturated rings. The molecule has 4 heterocycles. The number of nitrogens with two attached hydrogens (primary N) is 1. The second-order valence-electron chi connectivity index (χ2n) is 7.22. The van der Waals surface area contributed by atoms with Gasteiger partial charge in [-0.25, -0.2) is 0 Å². The lowest BCUT2D eigenvalue weighted by Gasteiger charge is -2.40. The maximum Gasteiger partial charge on any atom is 0.0660 e. The summed E-state index contributed by atoms with van der Waals surface area (Å²) in [5.41, 5.74) is 13.4. The fourth-order valence-electron chi connectivity index (χ4n) is 4.01. The van der Waals surface area contributed by atoms with E-state index >= 15 is 0 Å². The summed E-state index contributed by atoms with van der Waals surface area (Å²) in [6, 6.07) is 12.8. The van der Waals surface area contributed by atoms with E-state index in [9.17, 15) is 0 Å². The van der Waals surface area contributed by atoms with Crippen molar-refractivity contribution >= 4 is 44.9 Å². The number of nitrogens with one attached hydrogen (secondary N) is 1. The Morgan fingerprint density at radius 3 is 2.40 bits per heavy atom. The summed E-state index contributed by atoms with van der Waals surface area (Å²) in [6.07, 6.45) is 2.66. The summed E-state index contributed by atoms with van der Waals surface area (Å²) in [4.78, 5) is 6.21. The van der Waals surface area contributed by atoms with Crippen molar-refractivity contribution < 1.29 is 0 Å². The molecule has 0 radical (unpaired) electrons. The number of nitrogen functional groups attached to an aromatic ring is 1. The molecule has 0 spiro atoms. The van der Waals surface area contributed by atoms with E-state index in [0.717, 1.165) is 15.2 Å². The lowest BCUT2D eigenvalue weighted by atomic mass is 9.87. The smallest absolute Gasteiger partial charge is 0.0660 e. The quantitative estimate of drug-likeness (QED) is 0.362. The van der Waals surface area contributed by atoms with Gasteiger partial charge in [-0.3, -0.25) is 0 Å². The first kappa shape index (κ1) is 16.8. The highest BCUT2D eigenvalue weighted by Crippen LogP contribution is 2.45. The zero-order valence-electron chi connectivity index (χ0n) is 14.8. The fourth-order valence-corrected chi connectivity index (χ4v) is 4.34. The Bertz CT molecular complexity index is 920. The molecule has 25 heavy (non-hydrogen) atoms. The Hall–Kier alpha value is -1.69. The number of benzene rings is 2. The Kier molecular flexibility index (Phi) is 4.40. The van der Waals surface area contributed by atoms with E-state index in [1.807, 2.05) is 19.1 Å². The average Bonchev–Trinajstić information content (AvgIpc) is 3.00. The molecule has 3 N–H and O–H groups in total. The normalized spacial score (nSPS) is 15.9. The minimum atomic E-state index is 0.785. The van der Waals surface area contributed by atoms with Crippen molar-refractivity contribution in [2.75, 3.05) is 23.7 Å². The molecule has 1 saturated heterocycles. The third-order valence-corrected chi connectivity index (χ3v) is 6.31. The van der Waals surface area contributed by atoms with Gasteiger partial charge in [-0.2, -0.15) is 0 Å². The molecule has 2 aromatic carbocycles. The van der Waals surface area contributed by atoms with Gasteiger partial charge < -0.3 is 15.6 Å². The number of hydrogen-bond donors (Lipinski definition) is 2. The van der Waals surface area contributed by atoms with Crippen LogP contribution in [0.2, 0.25) is 0 Å². The van der Waals surface area contributed by atoms with Crippen LogP contribution in [0.3, 0.4) is 0 Å². The van der Waals surface area contributed by atoms with Gasteiger partial charge in [-0.15, -0.1) is 0 Å². The number of piperidine rings is 1. The Morgan fingerprint density at radius 1 is 1.04 bits per heavy atom. The lowest BCUT2D eigenvalue weighted by molar-refractivity contribution is 0.469. The van der Waals surface area contributed by atoms with Crippen LogP contribution in [0.15, 0.2) is 36.4 Å². The van der Waals surface area contributed by atoms with E-state index in [1.165, 1.54) is 59.3 Å². The first-order chi connectivity index (χ1) is 12.0. The second-order valence-corrected chi connectivity index (χ2v) is 8.38. The topological polar surface area (TPSA) is 45.1 Å². The Balaban J connectivity index is 0.000000150. The van der Waals surface area contributed by atoms with Crippen molar-refractivity contribution in [3.63, 3.8) is 0 Å². The molecule has 4 heteroatoms. The highest BCUT2D eigenvalue weighted by atomic mass is 127. The number of hydrogen-bond acceptors (Lipinski definition) is 2. The van der Waals surface area contributed by atoms with Crippen molar-refractivity contribution in [1.82, 2.24) is 4.98 Å². The average molecular weight is 445 g/mol. The van der Waals surface area contributed by atoms with Gasteiger partial charge in [0.1, 0.15) is 0 Å². The molecule has 3 aliphatic heterocycles. The first-order valence-corrected chi connectivity index (χ1v) is 9.99. The molecular formula is C21H24IN3. The Morgan fingerprint density at radius 2 is 1.72 bits per heavy atom. The van der Waals surface area contributed by atoms with E-state index in [-0.39, 0.29) is 0 Å². The SMILES string of the molecule is Cc1ccc(I)c(N)c1.Cc1ccc2c3c([nH]c2c1)C1CCN3CC1. The van der Waals surface area contributed by atoms with Gasteiger partial charge in [0.25, 0.3) is 0 Å². The molecule has 0 aliphatic carbocycles. The number of halogens is 1. The molecule has 1 aromatic heterocycles. The number of anilines is 2. The first-order valence-electron chi connectivity index (χ1n) is 8.91. The van der Waals surface area contributed by atoms with E-state index in [2.05, 4.69) is 63.7 Å². The van der Waals surface area contributed by atoms with Crippen LogP contribution in [0.4, 0.5) is 11.4 Å². The minimum Gasteiger partial charge on any atom is -0.398 e. The molecule has 0 amide bonds. The van der Waals surface area contributed by atoms with E-state index in [1.54, 1.807) is 0 Å². The second kappa shape index (κ2) is 6.56. The molecule has 0 unspecified atom stereocenters. The largest absolute Gasteiger partial charge is 0.398 e. The zero-order chi connectivity index (χ0) is 17.6. The predicted molar refractivity (Wildman–Crippen MR) is 116 cm³/mol. The number of nitrogens with zero attached hydrogens (tertiary/aromatic N) is 1. The molecule has 6 rings (SSSR count). The number of aryl methyl sites for hydroxylation is 2. The fraction of sp³-hybridized carbons (Fsp3) is 0.333. The highest BCUT2D eigenvalue weighted by molar-refractivity contribution is 14.1. The van der Waals surface area contributed by atoms with E-state index in [4.69, 9.17) is 5.73 Å². The summed E-state index contributed by atoms with van der Waals surface area (Å²) in [7, 11) is 0. The van der Waals surface area contributed by atoms with Crippen LogP contribution in [-0.4, -0.2) is 18.1 Å². The van der Waals surface area contributed by atoms with E-state index < -0.39 is 0 Å². The van der Waals surface area contributed by atoms with Gasteiger partial charge in [0, 0.05) is 44.9 Å². The third-order valence-electron chi connectivity index (χ3n) is 5.33. The molecule has 2 bridgehead atoms. The molecule has 130 valence electrons. The lowest BCUT2D eigenvalue weighted by Crippen LogP contribution is -2.38. The molecule has 3 aliphatic rings. The molecule has 0 atom stereocenters. The maximum absolute atomic E-state index is 5.61. The standard InChI is InChI=1S/C14H16N2.C7H8IN/c1-9-2-3-11-12(8-9)15-13-10-4-6-16(7-5-10)14(11)13;1-5-2-3-6(8)7(9)4-5/h2-3,8,10,15H,4-7H2,1H3;2-4H,9H2,1H3. The third kappa shape index (κ3) is 3.12. The number of fused-ring (bicyclic) bond motifs is 3. The van der Waals surface area contributed by atoms with Crippen molar-refractivity contribution in [1.29, 1.82) is 0 Å². The van der Waals surface area contributed by atoms with Crippen LogP contribution < -0.4 is 10.6 Å². The van der Waals surface area contributed by atoms with Gasteiger partial charge in [0.2, 0.25) is 0 Å². The molecule has 3 aromatic rings. The number of rotatable bonds is 0. The van der Waals surface area contributed by atoms with E-state index in [0.29, 0.717) is 0 Å². The summed E-state index contributed by atoms with van der Waals surface area (Å²) in [6.45, 7) is 6.69. The van der Waals surface area contributed by atoms with Gasteiger partial charge in [0.05, 0.1) is 5.69 Å². The molecule has 0 saturated carbocycles. The monoisotopic (exact) mass is 445 g/mol. The van der Waals surface area contributed by atoms with Crippen LogP contribution in [0.25, 0.3) is 10.9 Å². The van der Waals surface area contributed by atoms with Crippen LogP contribution in [0.5, 0.6) is 0 Å². The summed E-state index contributed by atoms with van der Waals surface area (Å²) in [5, 5.41) is 1.42. The number of H-pyrrole nitrogens is 1. The van der Waals surface area contributed by atoms with Gasteiger partial charge in [0.15, 0.2) is 0 Å². The van der Waals surface area contributed by atoms with Crippen molar-refractivity contribution in [3.05, 3.63) is 56.8 Å². The van der Waals surface area contributed by atoms with Crippen LogP contribution in [0, 0.1) is 17.4 Å². The van der Waals surface area contributed by atoms with Crippen molar-refractivity contribution in [2.45, 2.75) is 32.6 Å². The molecular weight excluding hydrogens is 421 g/mol. The summed E-state index contributed by atoms with van der Waals surface area (Å²) >= 11 is 2.22. The van der Waals surface area contributed by atoms with Crippen LogP contribution in [0.1, 0.15) is 35.6 Å². The van der Waals surface area contributed by atoms with Gasteiger partial charge in [-0.1, -0.05) is 18.2 Å².